The van der Waals surface area contributed by atoms with Gasteiger partial charge in [0.1, 0.15) is 0 Å². The summed E-state index contributed by atoms with van der Waals surface area (Å²) in [6.07, 6.45) is 4.87. The summed E-state index contributed by atoms with van der Waals surface area (Å²) >= 11 is 0. The molecule has 0 spiro atoms. The molecule has 0 aromatic carbocycles. The van der Waals surface area contributed by atoms with Crippen LogP contribution in [0.3, 0.4) is 0 Å². The molecule has 1 N–H and O–H groups in total. The highest BCUT2D eigenvalue weighted by Gasteiger charge is 2.60. The second-order valence-electron chi connectivity index (χ2n) is 9.71. The molecule has 0 aliphatic heterocycles. The number of rotatable bonds is 5. The van der Waals surface area contributed by atoms with Crippen molar-refractivity contribution in [2.24, 2.45) is 17.3 Å². The van der Waals surface area contributed by atoms with E-state index in [1.54, 1.807) is 0 Å². The highest BCUT2D eigenvalue weighted by atomic mass is 16.5. The highest BCUT2D eigenvalue weighted by molar-refractivity contribution is 5.99. The van der Waals surface area contributed by atoms with Crippen LogP contribution >= 0.6 is 0 Å². The number of ketones is 1. The maximum absolute atomic E-state index is 12.9. The van der Waals surface area contributed by atoms with E-state index in [0.717, 1.165) is 43.5 Å². The third kappa shape index (κ3) is 3.04. The molecule has 4 saturated carbocycles. The van der Waals surface area contributed by atoms with Crippen LogP contribution in [-0.4, -0.2) is 33.6 Å². The number of hydrogen-bond donors (Lipinski definition) is 1. The Morgan fingerprint density at radius 2 is 1.85 bits per heavy atom. The van der Waals surface area contributed by atoms with Gasteiger partial charge in [-0.15, -0.1) is 0 Å². The first-order valence-corrected chi connectivity index (χ1v) is 10.2. The molecule has 1 aromatic rings. The molecule has 2 unspecified atom stereocenters. The Morgan fingerprint density at radius 1 is 1.22 bits per heavy atom. The van der Waals surface area contributed by atoms with Crippen LogP contribution in [0, 0.1) is 31.1 Å². The predicted octanol–water partition coefficient (Wildman–Crippen LogP) is 3.74. The molecule has 5 rings (SSSR count). The predicted molar refractivity (Wildman–Crippen MR) is 102 cm³/mol. The SMILES string of the molecule is Cc1cc(C(=O)COC(=O)C23CC4CC(CC(O)(C4)C2)C3)c(C)n1C(C)C. The van der Waals surface area contributed by atoms with E-state index in [2.05, 4.69) is 18.4 Å². The number of esters is 1. The van der Waals surface area contributed by atoms with E-state index in [1.165, 1.54) is 0 Å². The number of aromatic nitrogens is 1. The van der Waals surface area contributed by atoms with Crippen molar-refractivity contribution >= 4 is 11.8 Å². The zero-order valence-corrected chi connectivity index (χ0v) is 16.9. The first kappa shape index (κ1) is 18.7. The van der Waals surface area contributed by atoms with Crippen LogP contribution in [0.2, 0.25) is 0 Å². The van der Waals surface area contributed by atoms with Gasteiger partial charge in [-0.1, -0.05) is 0 Å². The van der Waals surface area contributed by atoms with Gasteiger partial charge < -0.3 is 14.4 Å². The third-order valence-corrected chi connectivity index (χ3v) is 7.10. The summed E-state index contributed by atoms with van der Waals surface area (Å²) in [5, 5.41) is 10.8. The zero-order valence-electron chi connectivity index (χ0n) is 16.9. The second kappa shape index (κ2) is 6.20. The number of carbonyl (C=O) groups excluding carboxylic acids is 2. The first-order chi connectivity index (χ1) is 12.6. The Bertz CT molecular complexity index is 776. The second-order valence-corrected chi connectivity index (χ2v) is 9.71. The molecule has 1 aromatic heterocycles. The van der Waals surface area contributed by atoms with Gasteiger partial charge in [-0.05, 0) is 84.1 Å². The van der Waals surface area contributed by atoms with Crippen LogP contribution in [0.1, 0.15) is 80.2 Å². The van der Waals surface area contributed by atoms with Crippen LogP contribution in [-0.2, 0) is 9.53 Å². The van der Waals surface area contributed by atoms with Crippen molar-refractivity contribution in [3.63, 3.8) is 0 Å². The van der Waals surface area contributed by atoms with Gasteiger partial charge in [-0.25, -0.2) is 0 Å². The molecule has 2 atom stereocenters. The Balaban J connectivity index is 1.46. The molecule has 0 amide bonds. The van der Waals surface area contributed by atoms with E-state index in [4.69, 9.17) is 4.74 Å². The minimum absolute atomic E-state index is 0.146. The minimum atomic E-state index is -0.699. The fourth-order valence-corrected chi connectivity index (χ4v) is 6.67. The lowest BCUT2D eigenvalue weighted by atomic mass is 9.48. The number of aryl methyl sites for hydroxylation is 1. The smallest absolute Gasteiger partial charge is 0.312 e. The lowest BCUT2D eigenvalue weighted by Crippen LogP contribution is -2.58. The standard InChI is InChI=1S/C22H31NO4/c1-13(2)23-14(3)5-18(15(23)4)19(24)11-27-20(25)21-7-16-6-17(8-21)10-22(26,9-16)12-21/h5,13,16-17,26H,6-12H2,1-4H3. The van der Waals surface area contributed by atoms with E-state index >= 15 is 0 Å². The number of hydrogen-bond acceptors (Lipinski definition) is 4. The molecule has 1 heterocycles. The van der Waals surface area contributed by atoms with E-state index in [9.17, 15) is 14.7 Å². The molecule has 0 radical (unpaired) electrons. The summed E-state index contributed by atoms with van der Waals surface area (Å²) in [4.78, 5) is 25.7. The largest absolute Gasteiger partial charge is 0.457 e. The topological polar surface area (TPSA) is 68.5 Å². The lowest BCUT2D eigenvalue weighted by Gasteiger charge is -2.58. The van der Waals surface area contributed by atoms with Gasteiger partial charge in [0, 0.05) is 23.0 Å². The summed E-state index contributed by atoms with van der Waals surface area (Å²) in [7, 11) is 0. The molecular weight excluding hydrogens is 342 g/mol. The average molecular weight is 373 g/mol. The van der Waals surface area contributed by atoms with Gasteiger partial charge in [-0.2, -0.15) is 0 Å². The molecule has 4 aliphatic carbocycles. The van der Waals surface area contributed by atoms with Crippen molar-refractivity contribution in [3.05, 3.63) is 23.0 Å². The van der Waals surface area contributed by atoms with Gasteiger partial charge in [0.25, 0.3) is 0 Å². The summed E-state index contributed by atoms with van der Waals surface area (Å²) in [6.45, 7) is 7.90. The van der Waals surface area contributed by atoms with E-state index in [1.807, 2.05) is 19.9 Å². The molecule has 4 fully saturated rings. The molecule has 4 bridgehead atoms. The fourth-order valence-electron chi connectivity index (χ4n) is 6.67. The van der Waals surface area contributed by atoms with Crippen molar-refractivity contribution in [2.45, 2.75) is 77.9 Å². The van der Waals surface area contributed by atoms with Crippen LogP contribution < -0.4 is 0 Å². The van der Waals surface area contributed by atoms with Crippen LogP contribution in [0.15, 0.2) is 6.07 Å². The van der Waals surface area contributed by atoms with Crippen molar-refractivity contribution in [1.82, 2.24) is 4.57 Å². The normalized spacial score (nSPS) is 34.3. The summed E-state index contributed by atoms with van der Waals surface area (Å²) in [5.74, 6) is 0.418. The van der Waals surface area contributed by atoms with E-state index in [0.29, 0.717) is 23.8 Å². The zero-order chi connectivity index (χ0) is 19.6. The van der Waals surface area contributed by atoms with Gasteiger partial charge in [0.15, 0.2) is 6.61 Å². The van der Waals surface area contributed by atoms with Crippen molar-refractivity contribution in [3.8, 4) is 0 Å². The quantitative estimate of drug-likeness (QED) is 0.630. The minimum Gasteiger partial charge on any atom is -0.457 e. The number of carbonyl (C=O) groups is 2. The maximum Gasteiger partial charge on any atom is 0.312 e. The number of Topliss-reactive ketones (excluding diaryl/α,β-unsaturated/α-hetero) is 1. The first-order valence-electron chi connectivity index (χ1n) is 10.2. The number of aliphatic hydroxyl groups is 1. The number of nitrogens with zero attached hydrogens (tertiary/aromatic N) is 1. The van der Waals surface area contributed by atoms with Gasteiger partial charge in [0.05, 0.1) is 11.0 Å². The monoisotopic (exact) mass is 373 g/mol. The van der Waals surface area contributed by atoms with Gasteiger partial charge >= 0.3 is 5.97 Å². The van der Waals surface area contributed by atoms with Gasteiger partial charge in [-0.3, -0.25) is 9.59 Å². The Hall–Kier alpha value is -1.62. The van der Waals surface area contributed by atoms with Gasteiger partial charge in [0.2, 0.25) is 5.78 Å². The molecule has 5 nitrogen and oxygen atoms in total. The molecule has 27 heavy (non-hydrogen) atoms. The Labute approximate surface area is 161 Å². The average Bonchev–Trinajstić information content (AvgIpc) is 2.84. The molecule has 148 valence electrons. The highest BCUT2D eigenvalue weighted by Crippen LogP contribution is 2.61. The number of ether oxygens (including phenoxy) is 1. The van der Waals surface area contributed by atoms with Crippen molar-refractivity contribution in [2.75, 3.05) is 6.61 Å². The van der Waals surface area contributed by atoms with Crippen molar-refractivity contribution < 1.29 is 19.4 Å². The summed E-state index contributed by atoms with van der Waals surface area (Å²) in [5.41, 5.74) is 1.33. The van der Waals surface area contributed by atoms with E-state index in [-0.39, 0.29) is 24.4 Å². The van der Waals surface area contributed by atoms with Crippen LogP contribution in [0.5, 0.6) is 0 Å². The summed E-state index contributed by atoms with van der Waals surface area (Å²) in [6, 6.07) is 2.17. The fraction of sp³-hybridized carbons (Fsp3) is 0.727. The van der Waals surface area contributed by atoms with E-state index < -0.39 is 11.0 Å². The molecular formula is C22H31NO4. The molecule has 0 saturated heterocycles. The van der Waals surface area contributed by atoms with Crippen molar-refractivity contribution in [1.29, 1.82) is 0 Å². The Morgan fingerprint density at radius 3 is 2.37 bits per heavy atom. The van der Waals surface area contributed by atoms with Crippen LogP contribution in [0.25, 0.3) is 0 Å². The molecule has 4 aliphatic rings. The maximum atomic E-state index is 12.9. The van der Waals surface area contributed by atoms with Crippen LogP contribution in [0.4, 0.5) is 0 Å². The third-order valence-electron chi connectivity index (χ3n) is 7.10. The molecule has 5 heteroatoms. The lowest BCUT2D eigenvalue weighted by molar-refractivity contribution is -0.195. The Kier molecular flexibility index (Phi) is 4.30. The summed E-state index contributed by atoms with van der Waals surface area (Å²) < 4.78 is 7.67.